The molecule has 6 heteroatoms. The maximum Gasteiger partial charge on any atom is 0.252 e. The van der Waals surface area contributed by atoms with Gasteiger partial charge in [-0.05, 0) is 36.2 Å². The summed E-state index contributed by atoms with van der Waals surface area (Å²) in [5, 5.41) is 10.8. The van der Waals surface area contributed by atoms with E-state index in [0.29, 0.717) is 28.6 Å². The quantitative estimate of drug-likeness (QED) is 0.711. The number of aromatic nitrogens is 2. The first-order valence-electron chi connectivity index (χ1n) is 7.46. The van der Waals surface area contributed by atoms with Gasteiger partial charge in [-0.3, -0.25) is 9.89 Å². The van der Waals surface area contributed by atoms with Crippen LogP contribution >= 0.6 is 23.2 Å². The highest BCUT2D eigenvalue weighted by molar-refractivity contribution is 6.34. The number of hydrogen-bond donors (Lipinski definition) is 2. The predicted octanol–water partition coefficient (Wildman–Crippen LogP) is 4.36. The lowest BCUT2D eigenvalue weighted by Crippen LogP contribution is -2.26. The number of nitrogens with one attached hydrogen (secondary N) is 2. The Morgan fingerprint density at radius 3 is 2.67 bits per heavy atom. The van der Waals surface area contributed by atoms with Gasteiger partial charge in [0.25, 0.3) is 5.91 Å². The zero-order valence-electron chi connectivity index (χ0n) is 12.7. The van der Waals surface area contributed by atoms with Gasteiger partial charge in [0.1, 0.15) is 0 Å². The van der Waals surface area contributed by atoms with Gasteiger partial charge < -0.3 is 5.32 Å². The van der Waals surface area contributed by atoms with Crippen molar-refractivity contribution in [2.24, 2.45) is 0 Å². The topological polar surface area (TPSA) is 57.8 Å². The number of H-pyrrole nitrogens is 1. The van der Waals surface area contributed by atoms with Crippen LogP contribution in [0.25, 0.3) is 11.3 Å². The molecular formula is C18H15Cl2N3O. The zero-order valence-corrected chi connectivity index (χ0v) is 14.2. The van der Waals surface area contributed by atoms with E-state index >= 15 is 0 Å². The van der Waals surface area contributed by atoms with Crippen LogP contribution in [-0.4, -0.2) is 22.6 Å². The third-order valence-electron chi connectivity index (χ3n) is 3.66. The molecule has 0 saturated heterocycles. The summed E-state index contributed by atoms with van der Waals surface area (Å²) in [4.78, 5) is 12.4. The van der Waals surface area contributed by atoms with E-state index in [9.17, 15) is 4.79 Å². The van der Waals surface area contributed by atoms with E-state index < -0.39 is 0 Å². The van der Waals surface area contributed by atoms with E-state index in [4.69, 9.17) is 23.2 Å². The predicted molar refractivity (Wildman–Crippen MR) is 96.5 cm³/mol. The highest BCUT2D eigenvalue weighted by atomic mass is 35.5. The Balaban J connectivity index is 1.69. The van der Waals surface area contributed by atoms with Gasteiger partial charge in [0.15, 0.2) is 0 Å². The van der Waals surface area contributed by atoms with E-state index in [2.05, 4.69) is 15.5 Å². The molecule has 0 fully saturated rings. The van der Waals surface area contributed by atoms with Gasteiger partial charge in [0, 0.05) is 23.3 Å². The fourth-order valence-electron chi connectivity index (χ4n) is 2.39. The van der Waals surface area contributed by atoms with Gasteiger partial charge in [0.05, 0.1) is 16.3 Å². The smallest absolute Gasteiger partial charge is 0.252 e. The van der Waals surface area contributed by atoms with Crippen LogP contribution in [0.5, 0.6) is 0 Å². The molecule has 1 aromatic heterocycles. The summed E-state index contributed by atoms with van der Waals surface area (Å²) < 4.78 is 0. The maximum absolute atomic E-state index is 12.4. The van der Waals surface area contributed by atoms with E-state index in [1.54, 1.807) is 18.3 Å². The van der Waals surface area contributed by atoms with Gasteiger partial charge >= 0.3 is 0 Å². The molecule has 0 spiro atoms. The zero-order chi connectivity index (χ0) is 16.9. The summed E-state index contributed by atoms with van der Waals surface area (Å²) in [6.07, 6.45) is 2.32. The van der Waals surface area contributed by atoms with Crippen molar-refractivity contribution in [2.75, 3.05) is 6.54 Å². The van der Waals surface area contributed by atoms with E-state index in [-0.39, 0.29) is 5.91 Å². The highest BCUT2D eigenvalue weighted by Gasteiger charge is 2.12. The number of nitrogens with zero attached hydrogens (tertiary/aromatic N) is 1. The molecule has 0 atom stereocenters. The molecule has 0 aliphatic rings. The van der Waals surface area contributed by atoms with Crippen LogP contribution in [0.3, 0.4) is 0 Å². The van der Waals surface area contributed by atoms with Crippen molar-refractivity contribution in [1.29, 1.82) is 0 Å². The number of amides is 1. The summed E-state index contributed by atoms with van der Waals surface area (Å²) in [7, 11) is 0. The van der Waals surface area contributed by atoms with Crippen LogP contribution in [0.4, 0.5) is 0 Å². The van der Waals surface area contributed by atoms with Crippen LogP contribution in [0.1, 0.15) is 15.9 Å². The van der Waals surface area contributed by atoms with Crippen molar-refractivity contribution in [3.8, 4) is 11.3 Å². The lowest BCUT2D eigenvalue weighted by Gasteiger charge is -2.09. The minimum Gasteiger partial charge on any atom is -0.352 e. The molecule has 2 aromatic carbocycles. The standard InChI is InChI=1S/C18H15Cl2N3O/c19-15-4-2-1-3-12(15)7-9-21-18(24)14-11-13(5-6-16(14)20)17-8-10-22-23-17/h1-6,8,10-11H,7,9H2,(H,21,24)(H,22,23). The van der Waals surface area contributed by atoms with Crippen molar-refractivity contribution < 1.29 is 4.79 Å². The molecule has 0 bridgehead atoms. The van der Waals surface area contributed by atoms with Gasteiger partial charge in [-0.2, -0.15) is 5.10 Å². The van der Waals surface area contributed by atoms with Gasteiger partial charge in [-0.15, -0.1) is 0 Å². The molecule has 24 heavy (non-hydrogen) atoms. The Labute approximate surface area is 149 Å². The fraction of sp³-hybridized carbons (Fsp3) is 0.111. The number of carbonyl (C=O) groups excluding carboxylic acids is 1. The van der Waals surface area contributed by atoms with Crippen molar-refractivity contribution in [3.05, 3.63) is 75.9 Å². The Kier molecular flexibility index (Phi) is 5.18. The Hall–Kier alpha value is -2.30. The molecule has 1 amide bonds. The SMILES string of the molecule is O=C(NCCc1ccccc1Cl)c1cc(-c2ccn[nH]2)ccc1Cl. The summed E-state index contributed by atoms with van der Waals surface area (Å²) in [6.45, 7) is 0.479. The summed E-state index contributed by atoms with van der Waals surface area (Å²) in [6, 6.07) is 14.7. The second-order valence-corrected chi connectivity index (χ2v) is 6.08. The molecule has 1 heterocycles. The molecular weight excluding hydrogens is 345 g/mol. The van der Waals surface area contributed by atoms with Crippen molar-refractivity contribution in [2.45, 2.75) is 6.42 Å². The molecule has 2 N–H and O–H groups in total. The minimum atomic E-state index is -0.214. The largest absolute Gasteiger partial charge is 0.352 e. The maximum atomic E-state index is 12.4. The Morgan fingerprint density at radius 1 is 1.08 bits per heavy atom. The molecule has 122 valence electrons. The summed E-state index contributed by atoms with van der Waals surface area (Å²) in [5.41, 5.74) is 3.12. The van der Waals surface area contributed by atoms with Gasteiger partial charge in [0.2, 0.25) is 0 Å². The lowest BCUT2D eigenvalue weighted by atomic mass is 10.1. The van der Waals surface area contributed by atoms with Crippen molar-refractivity contribution >= 4 is 29.1 Å². The third-order valence-corrected chi connectivity index (χ3v) is 4.36. The van der Waals surface area contributed by atoms with E-state index in [1.165, 1.54) is 0 Å². The first-order chi connectivity index (χ1) is 11.6. The van der Waals surface area contributed by atoms with E-state index in [0.717, 1.165) is 16.8 Å². The number of halogens is 2. The average Bonchev–Trinajstić information content (AvgIpc) is 3.11. The molecule has 0 radical (unpaired) electrons. The number of benzene rings is 2. The first kappa shape index (κ1) is 16.6. The number of rotatable bonds is 5. The Morgan fingerprint density at radius 2 is 1.92 bits per heavy atom. The first-order valence-corrected chi connectivity index (χ1v) is 8.21. The van der Waals surface area contributed by atoms with Crippen LogP contribution in [0.2, 0.25) is 10.0 Å². The van der Waals surface area contributed by atoms with Crippen molar-refractivity contribution in [3.63, 3.8) is 0 Å². The molecule has 4 nitrogen and oxygen atoms in total. The molecule has 3 aromatic rings. The average molecular weight is 360 g/mol. The Bertz CT molecular complexity index is 847. The minimum absolute atomic E-state index is 0.214. The summed E-state index contributed by atoms with van der Waals surface area (Å²) in [5.74, 6) is -0.214. The van der Waals surface area contributed by atoms with Gasteiger partial charge in [-0.1, -0.05) is 47.5 Å². The number of hydrogen-bond acceptors (Lipinski definition) is 2. The second kappa shape index (κ2) is 7.51. The monoisotopic (exact) mass is 359 g/mol. The highest BCUT2D eigenvalue weighted by Crippen LogP contribution is 2.24. The normalized spacial score (nSPS) is 10.6. The molecule has 0 saturated carbocycles. The van der Waals surface area contributed by atoms with Crippen LogP contribution in [0, 0.1) is 0 Å². The molecule has 0 unspecified atom stereocenters. The molecule has 0 aliphatic carbocycles. The van der Waals surface area contributed by atoms with Gasteiger partial charge in [-0.25, -0.2) is 0 Å². The molecule has 3 rings (SSSR count). The number of aromatic amines is 1. The van der Waals surface area contributed by atoms with E-state index in [1.807, 2.05) is 36.4 Å². The fourth-order valence-corrected chi connectivity index (χ4v) is 2.82. The third kappa shape index (κ3) is 3.78. The second-order valence-electron chi connectivity index (χ2n) is 5.26. The lowest BCUT2D eigenvalue weighted by molar-refractivity contribution is 0.0954. The van der Waals surface area contributed by atoms with Crippen LogP contribution in [0.15, 0.2) is 54.7 Å². The summed E-state index contributed by atoms with van der Waals surface area (Å²) >= 11 is 12.3. The van der Waals surface area contributed by atoms with Crippen LogP contribution < -0.4 is 5.32 Å². The number of carbonyl (C=O) groups is 1. The van der Waals surface area contributed by atoms with Crippen molar-refractivity contribution in [1.82, 2.24) is 15.5 Å². The molecule has 0 aliphatic heterocycles. The van der Waals surface area contributed by atoms with Crippen LogP contribution in [-0.2, 0) is 6.42 Å².